The first-order chi connectivity index (χ1) is 12.9. The molecule has 8 nitrogen and oxygen atoms in total. The van der Waals surface area contributed by atoms with Gasteiger partial charge in [0.1, 0.15) is 5.69 Å². The summed E-state index contributed by atoms with van der Waals surface area (Å²) in [5.74, 6) is 0.145. The number of hydrogen-bond donors (Lipinski definition) is 1. The lowest BCUT2D eigenvalue weighted by Crippen LogP contribution is -2.48. The second-order valence-electron chi connectivity index (χ2n) is 6.32. The minimum absolute atomic E-state index is 0.0295. The van der Waals surface area contributed by atoms with Crippen molar-refractivity contribution in [1.29, 1.82) is 0 Å². The lowest BCUT2D eigenvalue weighted by Gasteiger charge is -2.34. The molecule has 0 spiro atoms. The van der Waals surface area contributed by atoms with Gasteiger partial charge in [-0.3, -0.25) is 14.4 Å². The van der Waals surface area contributed by atoms with Crippen LogP contribution < -0.4 is 10.2 Å². The van der Waals surface area contributed by atoms with E-state index in [1.807, 2.05) is 4.90 Å². The van der Waals surface area contributed by atoms with E-state index in [2.05, 4.69) is 15.3 Å². The Balaban J connectivity index is 1.67. The van der Waals surface area contributed by atoms with Gasteiger partial charge in [0.25, 0.3) is 5.91 Å². The van der Waals surface area contributed by atoms with E-state index in [1.165, 1.54) is 6.92 Å². The third kappa shape index (κ3) is 4.46. The lowest BCUT2D eigenvalue weighted by atomic mass is 10.1. The van der Waals surface area contributed by atoms with Gasteiger partial charge < -0.3 is 15.1 Å². The molecule has 1 aromatic carbocycles. The van der Waals surface area contributed by atoms with Crippen LogP contribution in [0.4, 0.5) is 11.6 Å². The Morgan fingerprint density at radius 3 is 2.22 bits per heavy atom. The number of benzene rings is 1. The van der Waals surface area contributed by atoms with Crippen LogP contribution in [0.5, 0.6) is 0 Å². The van der Waals surface area contributed by atoms with Crippen molar-refractivity contribution in [3.05, 3.63) is 47.8 Å². The molecule has 1 aromatic heterocycles. The predicted octanol–water partition coefficient (Wildman–Crippen LogP) is 1.60. The van der Waals surface area contributed by atoms with Crippen LogP contribution in [-0.2, 0) is 4.79 Å². The molecule has 2 aromatic rings. The van der Waals surface area contributed by atoms with Gasteiger partial charge in [0.05, 0.1) is 0 Å². The molecule has 8 heteroatoms. The number of hydrogen-bond acceptors (Lipinski definition) is 6. The molecule has 3 rings (SSSR count). The summed E-state index contributed by atoms with van der Waals surface area (Å²) in [6.45, 7) is 5.51. The van der Waals surface area contributed by atoms with Crippen LogP contribution >= 0.6 is 0 Å². The van der Waals surface area contributed by atoms with E-state index in [1.54, 1.807) is 48.4 Å². The van der Waals surface area contributed by atoms with Gasteiger partial charge >= 0.3 is 0 Å². The largest absolute Gasteiger partial charge is 0.339 e. The Labute approximate surface area is 157 Å². The van der Waals surface area contributed by atoms with Crippen molar-refractivity contribution >= 4 is 29.2 Å². The molecular formula is C19H21N5O3. The van der Waals surface area contributed by atoms with Gasteiger partial charge in [-0.05, 0) is 37.3 Å². The monoisotopic (exact) mass is 367 g/mol. The molecule has 27 heavy (non-hydrogen) atoms. The second kappa shape index (κ2) is 7.94. The average molecular weight is 367 g/mol. The van der Waals surface area contributed by atoms with E-state index in [-0.39, 0.29) is 23.3 Å². The van der Waals surface area contributed by atoms with Crippen molar-refractivity contribution in [2.24, 2.45) is 0 Å². The predicted molar refractivity (Wildman–Crippen MR) is 101 cm³/mol. The Bertz CT molecular complexity index is 858. The fourth-order valence-corrected chi connectivity index (χ4v) is 2.83. The van der Waals surface area contributed by atoms with Crippen LogP contribution in [0, 0.1) is 0 Å². The van der Waals surface area contributed by atoms with Crippen molar-refractivity contribution < 1.29 is 14.4 Å². The molecule has 1 N–H and O–H groups in total. The number of rotatable bonds is 4. The summed E-state index contributed by atoms with van der Waals surface area (Å²) in [4.78, 5) is 47.5. The lowest BCUT2D eigenvalue weighted by molar-refractivity contribution is -0.129. The summed E-state index contributed by atoms with van der Waals surface area (Å²) < 4.78 is 0. The maximum atomic E-state index is 12.5. The van der Waals surface area contributed by atoms with E-state index < -0.39 is 0 Å². The van der Waals surface area contributed by atoms with E-state index in [4.69, 9.17) is 0 Å². The summed E-state index contributed by atoms with van der Waals surface area (Å²) in [6, 6.07) is 8.24. The molecule has 0 atom stereocenters. The third-order valence-electron chi connectivity index (χ3n) is 4.43. The maximum absolute atomic E-state index is 12.5. The van der Waals surface area contributed by atoms with Gasteiger partial charge in [-0.2, -0.15) is 0 Å². The third-order valence-corrected chi connectivity index (χ3v) is 4.43. The standard InChI is InChI=1S/C19H21N5O3/c1-13(25)15-3-5-16(6-4-15)21-18(27)17-7-8-20-19(22-17)24-11-9-23(10-12-24)14(2)26/h3-8H,9-12H2,1-2H3,(H,21,27). The topological polar surface area (TPSA) is 95.5 Å². The van der Waals surface area contributed by atoms with Gasteiger partial charge in [-0.15, -0.1) is 0 Å². The molecule has 0 unspecified atom stereocenters. The molecule has 1 aliphatic rings. The number of amides is 2. The Morgan fingerprint density at radius 2 is 1.63 bits per heavy atom. The van der Waals surface area contributed by atoms with Crippen LogP contribution in [0.25, 0.3) is 0 Å². The van der Waals surface area contributed by atoms with Gasteiger partial charge in [-0.25, -0.2) is 9.97 Å². The Morgan fingerprint density at radius 1 is 0.963 bits per heavy atom. The summed E-state index contributed by atoms with van der Waals surface area (Å²) in [5, 5.41) is 2.76. The van der Waals surface area contributed by atoms with Crippen LogP contribution in [0.2, 0.25) is 0 Å². The summed E-state index contributed by atoms with van der Waals surface area (Å²) in [6.07, 6.45) is 1.55. The first kappa shape index (κ1) is 18.5. The number of Topliss-reactive ketones (excluding diaryl/α,β-unsaturated/α-hetero) is 1. The molecule has 2 amide bonds. The van der Waals surface area contributed by atoms with Crippen molar-refractivity contribution in [2.75, 3.05) is 36.4 Å². The van der Waals surface area contributed by atoms with Crippen LogP contribution in [0.1, 0.15) is 34.7 Å². The number of carbonyl (C=O) groups excluding carboxylic acids is 3. The first-order valence-corrected chi connectivity index (χ1v) is 8.70. The minimum Gasteiger partial charge on any atom is -0.339 e. The van der Waals surface area contributed by atoms with Crippen LogP contribution in [0.3, 0.4) is 0 Å². The van der Waals surface area contributed by atoms with E-state index in [9.17, 15) is 14.4 Å². The fourth-order valence-electron chi connectivity index (χ4n) is 2.83. The highest BCUT2D eigenvalue weighted by Crippen LogP contribution is 2.14. The van der Waals surface area contributed by atoms with Crippen molar-refractivity contribution in [1.82, 2.24) is 14.9 Å². The van der Waals surface area contributed by atoms with Gasteiger partial charge in [0.2, 0.25) is 11.9 Å². The van der Waals surface area contributed by atoms with Crippen LogP contribution in [0.15, 0.2) is 36.5 Å². The number of nitrogens with zero attached hydrogens (tertiary/aromatic N) is 4. The molecule has 140 valence electrons. The normalized spacial score (nSPS) is 14.0. The van der Waals surface area contributed by atoms with E-state index in [0.29, 0.717) is 43.4 Å². The zero-order valence-corrected chi connectivity index (χ0v) is 15.3. The zero-order valence-electron chi connectivity index (χ0n) is 15.3. The van der Waals surface area contributed by atoms with Crippen molar-refractivity contribution in [3.8, 4) is 0 Å². The molecule has 0 radical (unpaired) electrons. The van der Waals surface area contributed by atoms with Gasteiger partial charge in [-0.1, -0.05) is 0 Å². The number of piperazine rings is 1. The first-order valence-electron chi connectivity index (χ1n) is 8.70. The quantitative estimate of drug-likeness (QED) is 0.825. The zero-order chi connectivity index (χ0) is 19.4. The second-order valence-corrected chi connectivity index (χ2v) is 6.32. The highest BCUT2D eigenvalue weighted by atomic mass is 16.2. The molecular weight excluding hydrogens is 346 g/mol. The maximum Gasteiger partial charge on any atom is 0.274 e. The Kier molecular flexibility index (Phi) is 5.44. The number of ketones is 1. The SMILES string of the molecule is CC(=O)c1ccc(NC(=O)c2ccnc(N3CCN(C(C)=O)CC3)n2)cc1. The van der Waals surface area contributed by atoms with Gasteiger partial charge in [0.15, 0.2) is 5.78 Å². The number of anilines is 2. The van der Waals surface area contributed by atoms with Crippen molar-refractivity contribution in [3.63, 3.8) is 0 Å². The minimum atomic E-state index is -0.350. The van der Waals surface area contributed by atoms with Crippen molar-refractivity contribution in [2.45, 2.75) is 13.8 Å². The van der Waals surface area contributed by atoms with Crippen LogP contribution in [-0.4, -0.2) is 58.6 Å². The van der Waals surface area contributed by atoms with E-state index >= 15 is 0 Å². The summed E-state index contributed by atoms with van der Waals surface area (Å²) in [5.41, 5.74) is 1.42. The molecule has 0 aliphatic carbocycles. The average Bonchev–Trinajstić information content (AvgIpc) is 2.68. The molecule has 0 saturated carbocycles. The molecule has 0 bridgehead atoms. The number of nitrogens with one attached hydrogen (secondary N) is 1. The number of aromatic nitrogens is 2. The molecule has 1 aliphatic heterocycles. The fraction of sp³-hybridized carbons (Fsp3) is 0.316. The van der Waals surface area contributed by atoms with E-state index in [0.717, 1.165) is 0 Å². The Hall–Kier alpha value is -3.29. The summed E-state index contributed by atoms with van der Waals surface area (Å²) in [7, 11) is 0. The molecule has 1 saturated heterocycles. The highest BCUT2D eigenvalue weighted by molar-refractivity contribution is 6.03. The van der Waals surface area contributed by atoms with Gasteiger partial charge in [0, 0.05) is 50.6 Å². The smallest absolute Gasteiger partial charge is 0.274 e. The number of carbonyl (C=O) groups is 3. The molecule has 1 fully saturated rings. The highest BCUT2D eigenvalue weighted by Gasteiger charge is 2.21. The summed E-state index contributed by atoms with van der Waals surface area (Å²) >= 11 is 0. The molecule has 2 heterocycles.